The highest BCUT2D eigenvalue weighted by atomic mass is 16.3. The molecular weight excluding hydrogens is 222 g/mol. The SMILES string of the molecule is CC(=O)N(C)CC(=O)N1CCN(CCO)CC1. The number of carbonyl (C=O) groups excluding carboxylic acids is 2. The maximum Gasteiger partial charge on any atom is 0.242 e. The summed E-state index contributed by atoms with van der Waals surface area (Å²) < 4.78 is 0. The Hall–Kier alpha value is -1.14. The van der Waals surface area contributed by atoms with Gasteiger partial charge in [0.25, 0.3) is 0 Å². The highest BCUT2D eigenvalue weighted by Crippen LogP contribution is 2.02. The van der Waals surface area contributed by atoms with Gasteiger partial charge in [-0.2, -0.15) is 0 Å². The Kier molecular flexibility index (Phi) is 5.37. The number of hydrogen-bond acceptors (Lipinski definition) is 4. The van der Waals surface area contributed by atoms with Crippen molar-refractivity contribution in [3.63, 3.8) is 0 Å². The van der Waals surface area contributed by atoms with E-state index in [9.17, 15) is 9.59 Å². The number of likely N-dealkylation sites (N-methyl/N-ethyl adjacent to an activating group) is 1. The first-order chi connectivity index (χ1) is 8.04. The van der Waals surface area contributed by atoms with E-state index >= 15 is 0 Å². The van der Waals surface area contributed by atoms with E-state index in [1.807, 2.05) is 0 Å². The van der Waals surface area contributed by atoms with Crippen LogP contribution in [0, 0.1) is 0 Å². The highest BCUT2D eigenvalue weighted by molar-refractivity contribution is 5.83. The lowest BCUT2D eigenvalue weighted by Crippen LogP contribution is -2.51. The smallest absolute Gasteiger partial charge is 0.242 e. The van der Waals surface area contributed by atoms with Gasteiger partial charge in [-0.05, 0) is 0 Å². The van der Waals surface area contributed by atoms with E-state index in [1.54, 1.807) is 11.9 Å². The van der Waals surface area contributed by atoms with Crippen LogP contribution in [0.5, 0.6) is 0 Å². The fourth-order valence-electron chi connectivity index (χ4n) is 1.78. The van der Waals surface area contributed by atoms with Crippen LogP contribution in [0.15, 0.2) is 0 Å². The first kappa shape index (κ1) is 13.9. The van der Waals surface area contributed by atoms with Gasteiger partial charge in [0, 0.05) is 46.7 Å². The summed E-state index contributed by atoms with van der Waals surface area (Å²) >= 11 is 0. The Bertz CT molecular complexity index is 275. The number of β-amino-alcohol motifs (C(OH)–C–C–N with tert-alkyl or cyclic N) is 1. The molecule has 98 valence electrons. The van der Waals surface area contributed by atoms with Crippen LogP contribution in [0.4, 0.5) is 0 Å². The van der Waals surface area contributed by atoms with Gasteiger partial charge in [-0.25, -0.2) is 0 Å². The lowest BCUT2D eigenvalue weighted by molar-refractivity contribution is -0.139. The van der Waals surface area contributed by atoms with Crippen LogP contribution in [-0.4, -0.2) is 84.5 Å². The molecule has 0 unspecified atom stereocenters. The van der Waals surface area contributed by atoms with E-state index in [2.05, 4.69) is 4.90 Å². The minimum atomic E-state index is -0.0998. The van der Waals surface area contributed by atoms with Gasteiger partial charge in [0.1, 0.15) is 0 Å². The molecule has 1 heterocycles. The van der Waals surface area contributed by atoms with E-state index in [0.717, 1.165) is 13.1 Å². The van der Waals surface area contributed by atoms with Gasteiger partial charge in [0.05, 0.1) is 13.2 Å². The summed E-state index contributed by atoms with van der Waals surface area (Å²) in [4.78, 5) is 28.2. The Balaban J connectivity index is 2.33. The maximum absolute atomic E-state index is 11.8. The van der Waals surface area contributed by atoms with Gasteiger partial charge < -0.3 is 14.9 Å². The molecule has 0 aromatic rings. The van der Waals surface area contributed by atoms with Crippen molar-refractivity contribution in [3.8, 4) is 0 Å². The average molecular weight is 243 g/mol. The fourth-order valence-corrected chi connectivity index (χ4v) is 1.78. The van der Waals surface area contributed by atoms with E-state index in [4.69, 9.17) is 5.11 Å². The zero-order valence-electron chi connectivity index (χ0n) is 10.6. The summed E-state index contributed by atoms with van der Waals surface area (Å²) in [6, 6.07) is 0. The Morgan fingerprint density at radius 1 is 1.24 bits per heavy atom. The molecule has 17 heavy (non-hydrogen) atoms. The number of rotatable bonds is 4. The third-order valence-electron chi connectivity index (χ3n) is 3.05. The molecule has 0 radical (unpaired) electrons. The standard InChI is InChI=1S/C11H21N3O3/c1-10(16)12(2)9-11(17)14-5-3-13(4-6-14)7-8-15/h15H,3-9H2,1-2H3. The molecule has 0 atom stereocenters. The van der Waals surface area contributed by atoms with Crippen molar-refractivity contribution in [2.24, 2.45) is 0 Å². The number of aliphatic hydroxyl groups is 1. The maximum atomic E-state index is 11.8. The molecule has 1 fully saturated rings. The largest absolute Gasteiger partial charge is 0.395 e. The Labute approximate surface area is 102 Å². The van der Waals surface area contributed by atoms with E-state index < -0.39 is 0 Å². The van der Waals surface area contributed by atoms with Crippen LogP contribution >= 0.6 is 0 Å². The lowest BCUT2D eigenvalue weighted by atomic mass is 10.3. The monoisotopic (exact) mass is 243 g/mol. The van der Waals surface area contributed by atoms with E-state index in [-0.39, 0.29) is 25.0 Å². The van der Waals surface area contributed by atoms with Crippen molar-refractivity contribution >= 4 is 11.8 Å². The Morgan fingerprint density at radius 3 is 2.29 bits per heavy atom. The molecule has 6 nitrogen and oxygen atoms in total. The van der Waals surface area contributed by atoms with Crippen LogP contribution in [0.2, 0.25) is 0 Å². The molecule has 0 saturated carbocycles. The zero-order chi connectivity index (χ0) is 12.8. The normalized spacial score (nSPS) is 17.0. The van der Waals surface area contributed by atoms with Gasteiger partial charge in [-0.1, -0.05) is 0 Å². The number of carbonyl (C=O) groups is 2. The second kappa shape index (κ2) is 6.56. The van der Waals surface area contributed by atoms with E-state index in [0.29, 0.717) is 19.6 Å². The quantitative estimate of drug-likeness (QED) is 0.660. The highest BCUT2D eigenvalue weighted by Gasteiger charge is 2.21. The Morgan fingerprint density at radius 2 is 1.82 bits per heavy atom. The van der Waals surface area contributed by atoms with Crippen LogP contribution in [0.1, 0.15) is 6.92 Å². The molecule has 1 aliphatic heterocycles. The number of hydrogen-bond donors (Lipinski definition) is 1. The van der Waals surface area contributed by atoms with Gasteiger partial charge in [-0.15, -0.1) is 0 Å². The molecule has 6 heteroatoms. The van der Waals surface area contributed by atoms with Crippen molar-refractivity contribution < 1.29 is 14.7 Å². The van der Waals surface area contributed by atoms with E-state index in [1.165, 1.54) is 11.8 Å². The predicted molar refractivity (Wildman–Crippen MR) is 63.4 cm³/mol. The van der Waals surface area contributed by atoms with Crippen molar-refractivity contribution in [2.45, 2.75) is 6.92 Å². The summed E-state index contributed by atoms with van der Waals surface area (Å²) in [7, 11) is 1.63. The van der Waals surface area contributed by atoms with Gasteiger partial charge in [0.2, 0.25) is 11.8 Å². The third-order valence-corrected chi connectivity index (χ3v) is 3.05. The number of nitrogens with zero attached hydrogens (tertiary/aromatic N) is 3. The molecule has 0 bridgehead atoms. The zero-order valence-corrected chi connectivity index (χ0v) is 10.6. The molecule has 2 amide bonds. The summed E-state index contributed by atoms with van der Waals surface area (Å²) in [5.74, 6) is -0.108. The molecule has 1 N–H and O–H groups in total. The molecule has 0 aromatic heterocycles. The van der Waals surface area contributed by atoms with Crippen molar-refractivity contribution in [1.82, 2.24) is 14.7 Å². The van der Waals surface area contributed by atoms with Crippen LogP contribution < -0.4 is 0 Å². The second-order valence-corrected chi connectivity index (χ2v) is 4.32. The third kappa shape index (κ3) is 4.32. The van der Waals surface area contributed by atoms with Gasteiger partial charge >= 0.3 is 0 Å². The van der Waals surface area contributed by atoms with Crippen molar-refractivity contribution in [3.05, 3.63) is 0 Å². The molecule has 1 saturated heterocycles. The lowest BCUT2D eigenvalue weighted by Gasteiger charge is -2.35. The fraction of sp³-hybridized carbons (Fsp3) is 0.818. The summed E-state index contributed by atoms with van der Waals surface area (Å²) in [5, 5.41) is 8.81. The number of piperazine rings is 1. The summed E-state index contributed by atoms with van der Waals surface area (Å²) in [6.07, 6.45) is 0. The molecule has 1 aliphatic rings. The summed E-state index contributed by atoms with van der Waals surface area (Å²) in [5.41, 5.74) is 0. The first-order valence-electron chi connectivity index (χ1n) is 5.87. The van der Waals surface area contributed by atoms with Gasteiger partial charge in [-0.3, -0.25) is 14.5 Å². The predicted octanol–water partition coefficient (Wildman–Crippen LogP) is -1.40. The van der Waals surface area contributed by atoms with Gasteiger partial charge in [0.15, 0.2) is 0 Å². The second-order valence-electron chi connectivity index (χ2n) is 4.32. The molecule has 0 aliphatic carbocycles. The van der Waals surface area contributed by atoms with Crippen LogP contribution in [0.3, 0.4) is 0 Å². The topological polar surface area (TPSA) is 64.1 Å². The molecule has 0 spiro atoms. The first-order valence-corrected chi connectivity index (χ1v) is 5.87. The van der Waals surface area contributed by atoms with Crippen molar-refractivity contribution in [2.75, 3.05) is 52.9 Å². The van der Waals surface area contributed by atoms with Crippen LogP contribution in [-0.2, 0) is 9.59 Å². The minimum Gasteiger partial charge on any atom is -0.395 e. The molecule has 1 rings (SSSR count). The van der Waals surface area contributed by atoms with Crippen molar-refractivity contribution in [1.29, 1.82) is 0 Å². The van der Waals surface area contributed by atoms with Crippen LogP contribution in [0.25, 0.3) is 0 Å². The average Bonchev–Trinajstić information content (AvgIpc) is 2.30. The number of aliphatic hydroxyl groups excluding tert-OH is 1. The number of amides is 2. The minimum absolute atomic E-state index is 0.00801. The molecule has 0 aromatic carbocycles. The molecular formula is C11H21N3O3. The summed E-state index contributed by atoms with van der Waals surface area (Å²) in [6.45, 7) is 5.33.